The minimum absolute atomic E-state index is 0.0228. The first-order valence-electron chi connectivity index (χ1n) is 10.7. The Balaban J connectivity index is 2.17. The number of thiophene rings is 1. The van der Waals surface area contributed by atoms with Crippen LogP contribution in [0.1, 0.15) is 51.0 Å². The van der Waals surface area contributed by atoms with Gasteiger partial charge in [-0.1, -0.05) is 13.8 Å². The summed E-state index contributed by atoms with van der Waals surface area (Å²) in [7, 11) is 0. The van der Waals surface area contributed by atoms with Crippen LogP contribution in [0.3, 0.4) is 0 Å². The Kier molecular flexibility index (Phi) is 7.63. The lowest BCUT2D eigenvalue weighted by Crippen LogP contribution is -2.26. The molecule has 2 aromatic heterocycles. The summed E-state index contributed by atoms with van der Waals surface area (Å²) in [5.74, 6) is -0.287. The van der Waals surface area contributed by atoms with Gasteiger partial charge in [0.05, 0.1) is 24.3 Å². The van der Waals surface area contributed by atoms with Crippen LogP contribution < -0.4 is 15.6 Å². The van der Waals surface area contributed by atoms with E-state index in [0.29, 0.717) is 41.3 Å². The van der Waals surface area contributed by atoms with E-state index in [1.165, 1.54) is 11.3 Å². The Labute approximate surface area is 190 Å². The number of ether oxygens (including phenoxy) is 2. The molecule has 1 aromatic carbocycles. The molecule has 1 amide bonds. The van der Waals surface area contributed by atoms with Gasteiger partial charge in [-0.05, 0) is 51.0 Å². The fourth-order valence-corrected chi connectivity index (χ4v) is 4.33. The van der Waals surface area contributed by atoms with E-state index in [0.717, 1.165) is 4.68 Å². The molecule has 3 rings (SSSR count). The van der Waals surface area contributed by atoms with Crippen LogP contribution in [0, 0.1) is 5.92 Å². The highest BCUT2D eigenvalue weighted by Gasteiger charge is 2.24. The van der Waals surface area contributed by atoms with Crippen molar-refractivity contribution >= 4 is 39.0 Å². The number of fused-ring (bicyclic) bond motifs is 1. The summed E-state index contributed by atoms with van der Waals surface area (Å²) >= 11 is 1.19. The molecule has 8 nitrogen and oxygen atoms in total. The lowest BCUT2D eigenvalue weighted by molar-refractivity contribution is -0.120. The third-order valence-electron chi connectivity index (χ3n) is 5.11. The number of rotatable bonds is 9. The second-order valence-electron chi connectivity index (χ2n) is 7.07. The van der Waals surface area contributed by atoms with Crippen molar-refractivity contribution in [2.45, 2.75) is 40.5 Å². The largest absolute Gasteiger partial charge is 0.494 e. The number of amides is 1. The third-order valence-corrected chi connectivity index (χ3v) is 6.00. The number of nitrogens with zero attached hydrogens (tertiary/aromatic N) is 2. The summed E-state index contributed by atoms with van der Waals surface area (Å²) in [6.07, 6.45) is 1.38. The van der Waals surface area contributed by atoms with Crippen molar-refractivity contribution in [1.82, 2.24) is 9.78 Å². The van der Waals surface area contributed by atoms with Crippen molar-refractivity contribution in [3.63, 3.8) is 0 Å². The Hall–Kier alpha value is -3.20. The van der Waals surface area contributed by atoms with E-state index >= 15 is 0 Å². The molecule has 0 saturated heterocycles. The number of benzene rings is 1. The molecule has 0 aliphatic carbocycles. The molecule has 0 aliphatic heterocycles. The molecule has 0 spiro atoms. The Morgan fingerprint density at radius 2 is 1.78 bits per heavy atom. The first-order chi connectivity index (χ1) is 15.4. The number of carbonyl (C=O) groups excluding carboxylic acids is 2. The first-order valence-corrected chi connectivity index (χ1v) is 11.6. The summed E-state index contributed by atoms with van der Waals surface area (Å²) in [5.41, 5.74) is 0.0577. The molecule has 0 saturated carbocycles. The summed E-state index contributed by atoms with van der Waals surface area (Å²) in [6.45, 7) is 8.17. The molecule has 0 atom stereocenters. The van der Waals surface area contributed by atoms with E-state index in [1.54, 1.807) is 36.6 Å². The maximum Gasteiger partial charge on any atom is 0.359 e. The molecule has 0 bridgehead atoms. The average Bonchev–Trinajstić information content (AvgIpc) is 3.20. The van der Waals surface area contributed by atoms with Crippen LogP contribution in [-0.4, -0.2) is 34.9 Å². The van der Waals surface area contributed by atoms with Crippen molar-refractivity contribution in [2.24, 2.45) is 5.92 Å². The third kappa shape index (κ3) is 4.67. The molecule has 0 aliphatic rings. The van der Waals surface area contributed by atoms with Gasteiger partial charge in [0.2, 0.25) is 5.91 Å². The van der Waals surface area contributed by atoms with E-state index in [-0.39, 0.29) is 29.5 Å². The molecule has 0 unspecified atom stereocenters. The standard InChI is InChI=1S/C23H27N3O5S/c1-5-14(6-2)20(27)24-21-18-17(13-32-21)19(23(29)31-8-4)25-26(22(18)28)15-9-11-16(12-10-15)30-7-3/h9-14H,5-8H2,1-4H3,(H,24,27). The molecule has 0 radical (unpaired) electrons. The summed E-state index contributed by atoms with van der Waals surface area (Å²) in [6, 6.07) is 6.83. The molecular weight excluding hydrogens is 430 g/mol. The fourth-order valence-electron chi connectivity index (χ4n) is 3.39. The molecular formula is C23H27N3O5S. The second kappa shape index (κ2) is 10.4. The van der Waals surface area contributed by atoms with E-state index in [9.17, 15) is 14.4 Å². The average molecular weight is 458 g/mol. The van der Waals surface area contributed by atoms with E-state index in [2.05, 4.69) is 10.4 Å². The smallest absolute Gasteiger partial charge is 0.359 e. The lowest BCUT2D eigenvalue weighted by Gasteiger charge is -2.13. The highest BCUT2D eigenvalue weighted by Crippen LogP contribution is 2.31. The van der Waals surface area contributed by atoms with Crippen LogP contribution in [-0.2, 0) is 9.53 Å². The summed E-state index contributed by atoms with van der Waals surface area (Å²) in [5, 5.41) is 9.83. The van der Waals surface area contributed by atoms with Gasteiger partial charge >= 0.3 is 5.97 Å². The number of esters is 1. The van der Waals surface area contributed by atoms with Crippen LogP contribution >= 0.6 is 11.3 Å². The maximum absolute atomic E-state index is 13.4. The minimum Gasteiger partial charge on any atom is -0.494 e. The van der Waals surface area contributed by atoms with Gasteiger partial charge in [0.15, 0.2) is 5.69 Å². The second-order valence-corrected chi connectivity index (χ2v) is 7.95. The minimum atomic E-state index is -0.632. The summed E-state index contributed by atoms with van der Waals surface area (Å²) < 4.78 is 11.8. The van der Waals surface area contributed by atoms with Gasteiger partial charge in [-0.15, -0.1) is 11.3 Å². The SMILES string of the molecule is CCOC(=O)c1nn(-c2ccc(OCC)cc2)c(=O)c2c(NC(=O)C(CC)CC)scc12. The quantitative estimate of drug-likeness (QED) is 0.478. The number of nitrogens with one attached hydrogen (secondary N) is 1. The number of carbonyl (C=O) groups is 2. The van der Waals surface area contributed by atoms with Gasteiger partial charge in [-0.25, -0.2) is 4.79 Å². The monoisotopic (exact) mass is 457 g/mol. The summed E-state index contributed by atoms with van der Waals surface area (Å²) in [4.78, 5) is 38.7. The number of hydrogen-bond donors (Lipinski definition) is 1. The van der Waals surface area contributed by atoms with Gasteiger partial charge in [-0.2, -0.15) is 9.78 Å². The Morgan fingerprint density at radius 3 is 2.38 bits per heavy atom. The van der Waals surface area contributed by atoms with Gasteiger partial charge in [0.1, 0.15) is 10.8 Å². The topological polar surface area (TPSA) is 99.5 Å². The molecule has 9 heteroatoms. The Morgan fingerprint density at radius 1 is 1.09 bits per heavy atom. The van der Waals surface area contributed by atoms with Crippen LogP contribution in [0.2, 0.25) is 0 Å². The van der Waals surface area contributed by atoms with E-state index in [1.807, 2.05) is 20.8 Å². The molecule has 1 N–H and O–H groups in total. The number of anilines is 1. The zero-order valence-corrected chi connectivity index (χ0v) is 19.5. The molecule has 0 fully saturated rings. The van der Waals surface area contributed by atoms with E-state index in [4.69, 9.17) is 9.47 Å². The number of aromatic nitrogens is 2. The van der Waals surface area contributed by atoms with Gasteiger partial charge in [0, 0.05) is 16.7 Å². The van der Waals surface area contributed by atoms with Gasteiger partial charge < -0.3 is 14.8 Å². The van der Waals surface area contributed by atoms with Crippen molar-refractivity contribution in [2.75, 3.05) is 18.5 Å². The lowest BCUT2D eigenvalue weighted by atomic mass is 10.0. The van der Waals surface area contributed by atoms with Crippen LogP contribution in [0.5, 0.6) is 5.75 Å². The van der Waals surface area contributed by atoms with Crippen molar-refractivity contribution in [1.29, 1.82) is 0 Å². The predicted octanol–water partition coefficient (Wildman–Crippen LogP) is 4.40. The normalized spacial score (nSPS) is 11.0. The molecule has 3 aromatic rings. The zero-order chi connectivity index (χ0) is 23.3. The maximum atomic E-state index is 13.4. The van der Waals surface area contributed by atoms with Crippen LogP contribution in [0.15, 0.2) is 34.4 Å². The highest BCUT2D eigenvalue weighted by atomic mass is 32.1. The highest BCUT2D eigenvalue weighted by molar-refractivity contribution is 7.16. The molecule has 32 heavy (non-hydrogen) atoms. The van der Waals surface area contributed by atoms with Crippen LogP contribution in [0.25, 0.3) is 16.5 Å². The number of hydrogen-bond acceptors (Lipinski definition) is 7. The first kappa shape index (κ1) is 23.5. The van der Waals surface area contributed by atoms with Crippen molar-refractivity contribution < 1.29 is 19.1 Å². The molecule has 2 heterocycles. The predicted molar refractivity (Wildman–Crippen MR) is 125 cm³/mol. The van der Waals surface area contributed by atoms with Crippen LogP contribution in [0.4, 0.5) is 5.00 Å². The van der Waals surface area contributed by atoms with Gasteiger partial charge in [-0.3, -0.25) is 9.59 Å². The Bertz CT molecular complexity index is 1160. The van der Waals surface area contributed by atoms with Crippen molar-refractivity contribution in [3.05, 3.63) is 45.7 Å². The van der Waals surface area contributed by atoms with Crippen molar-refractivity contribution in [3.8, 4) is 11.4 Å². The van der Waals surface area contributed by atoms with E-state index < -0.39 is 11.5 Å². The zero-order valence-electron chi connectivity index (χ0n) is 18.6. The fraction of sp³-hybridized carbons (Fsp3) is 0.391. The van der Waals surface area contributed by atoms with Gasteiger partial charge in [0.25, 0.3) is 5.56 Å². The molecule has 170 valence electrons.